The van der Waals surface area contributed by atoms with Gasteiger partial charge < -0.3 is 15.0 Å². The first kappa shape index (κ1) is 17.3. The number of nitrogens with one attached hydrogen (secondary N) is 2. The zero-order valence-corrected chi connectivity index (χ0v) is 15.2. The highest BCUT2D eigenvalue weighted by atomic mass is 16.6. The van der Waals surface area contributed by atoms with Gasteiger partial charge in [-0.05, 0) is 48.7 Å². The van der Waals surface area contributed by atoms with Gasteiger partial charge in [0, 0.05) is 41.5 Å². The summed E-state index contributed by atoms with van der Waals surface area (Å²) in [6.45, 7) is 0. The number of ether oxygens (including phenoxy) is 1. The molecule has 1 aliphatic rings. The first-order valence-electron chi connectivity index (χ1n) is 9.45. The van der Waals surface area contributed by atoms with E-state index in [1.807, 2.05) is 48.9 Å². The molecule has 27 heavy (non-hydrogen) atoms. The zero-order chi connectivity index (χ0) is 18.5. The zero-order valence-electron chi connectivity index (χ0n) is 15.2. The Balaban J connectivity index is 1.47. The van der Waals surface area contributed by atoms with Gasteiger partial charge in [0.25, 0.3) is 0 Å². The molecule has 0 aliphatic heterocycles. The van der Waals surface area contributed by atoms with E-state index in [1.54, 1.807) is 6.07 Å². The van der Waals surface area contributed by atoms with Crippen LogP contribution >= 0.6 is 0 Å². The molecule has 1 fully saturated rings. The lowest BCUT2D eigenvalue weighted by molar-refractivity contribution is 0.192. The summed E-state index contributed by atoms with van der Waals surface area (Å²) in [5.41, 5.74) is 3.96. The number of pyridine rings is 1. The maximum absolute atomic E-state index is 12.2. The van der Waals surface area contributed by atoms with Gasteiger partial charge in [0.2, 0.25) is 0 Å². The average Bonchev–Trinajstić information content (AvgIpc) is 3.24. The molecule has 0 spiro atoms. The molecule has 0 bridgehead atoms. The van der Waals surface area contributed by atoms with Crippen LogP contribution in [0.4, 0.5) is 4.79 Å². The van der Waals surface area contributed by atoms with Gasteiger partial charge >= 0.3 is 6.09 Å². The molecule has 1 aromatic carbocycles. The van der Waals surface area contributed by atoms with Gasteiger partial charge in [-0.1, -0.05) is 31.4 Å². The second-order valence-corrected chi connectivity index (χ2v) is 6.94. The van der Waals surface area contributed by atoms with Crippen LogP contribution in [0.15, 0.2) is 61.1 Å². The summed E-state index contributed by atoms with van der Waals surface area (Å²) in [5.74, 6) is 0.533. The van der Waals surface area contributed by atoms with E-state index in [4.69, 9.17) is 4.74 Å². The maximum atomic E-state index is 12.2. The van der Waals surface area contributed by atoms with E-state index in [9.17, 15) is 4.79 Å². The number of amides is 1. The molecule has 2 aromatic heterocycles. The van der Waals surface area contributed by atoms with E-state index in [-0.39, 0.29) is 12.1 Å². The van der Waals surface area contributed by atoms with E-state index >= 15 is 0 Å². The minimum atomic E-state index is -0.377. The molecule has 0 saturated heterocycles. The Morgan fingerprint density at radius 1 is 1.00 bits per heavy atom. The lowest BCUT2D eigenvalue weighted by Gasteiger charge is -2.22. The largest absolute Gasteiger partial charge is 0.412 e. The fraction of sp³-hybridized carbons (Fsp3) is 0.273. The van der Waals surface area contributed by atoms with Crippen molar-refractivity contribution in [3.63, 3.8) is 0 Å². The summed E-state index contributed by atoms with van der Waals surface area (Å²) in [5, 5.41) is 2.98. The third-order valence-electron chi connectivity index (χ3n) is 4.95. The highest BCUT2D eigenvalue weighted by Crippen LogP contribution is 2.27. The molecule has 5 heteroatoms. The Morgan fingerprint density at radius 3 is 2.67 bits per heavy atom. The predicted molar refractivity (Wildman–Crippen MR) is 105 cm³/mol. The van der Waals surface area contributed by atoms with E-state index < -0.39 is 0 Å². The summed E-state index contributed by atoms with van der Waals surface area (Å²) < 4.78 is 5.51. The average molecular weight is 361 g/mol. The predicted octanol–water partition coefficient (Wildman–Crippen LogP) is 5.16. The second-order valence-electron chi connectivity index (χ2n) is 6.94. The Morgan fingerprint density at radius 2 is 1.85 bits per heavy atom. The second kappa shape index (κ2) is 8.08. The van der Waals surface area contributed by atoms with Gasteiger partial charge in [-0.3, -0.25) is 4.98 Å². The van der Waals surface area contributed by atoms with Crippen LogP contribution in [0.2, 0.25) is 0 Å². The van der Waals surface area contributed by atoms with Crippen molar-refractivity contribution in [2.45, 2.75) is 38.1 Å². The molecule has 0 unspecified atom stereocenters. The first-order valence-corrected chi connectivity index (χ1v) is 9.45. The quantitative estimate of drug-likeness (QED) is 0.674. The van der Waals surface area contributed by atoms with Gasteiger partial charge in [0.1, 0.15) is 5.75 Å². The van der Waals surface area contributed by atoms with Crippen LogP contribution in [0.25, 0.3) is 22.4 Å². The van der Waals surface area contributed by atoms with Crippen molar-refractivity contribution in [1.82, 2.24) is 15.3 Å². The van der Waals surface area contributed by atoms with Crippen LogP contribution in [0.5, 0.6) is 5.75 Å². The third kappa shape index (κ3) is 4.37. The molecule has 5 nitrogen and oxygen atoms in total. The number of carbonyl (C=O) groups excluding carboxylic acids is 1. The molecule has 3 aromatic rings. The number of hydrogen-bond donors (Lipinski definition) is 2. The van der Waals surface area contributed by atoms with Crippen molar-refractivity contribution in [2.75, 3.05) is 0 Å². The topological polar surface area (TPSA) is 67.0 Å². The van der Waals surface area contributed by atoms with Gasteiger partial charge in [-0.2, -0.15) is 0 Å². The van der Waals surface area contributed by atoms with Crippen LogP contribution in [0, 0.1) is 0 Å². The highest BCUT2D eigenvalue weighted by Gasteiger charge is 2.16. The summed E-state index contributed by atoms with van der Waals surface area (Å²) in [4.78, 5) is 19.7. The number of H-pyrrole nitrogens is 1. The van der Waals surface area contributed by atoms with E-state index in [1.165, 1.54) is 19.3 Å². The van der Waals surface area contributed by atoms with E-state index in [0.717, 1.165) is 35.2 Å². The summed E-state index contributed by atoms with van der Waals surface area (Å²) in [6.07, 6.45) is 10.8. The number of carbonyl (C=O) groups is 1. The monoisotopic (exact) mass is 361 g/mol. The van der Waals surface area contributed by atoms with Crippen LogP contribution in [0.1, 0.15) is 32.1 Å². The van der Waals surface area contributed by atoms with Gasteiger partial charge in [0.15, 0.2) is 0 Å². The number of benzene rings is 1. The molecule has 2 N–H and O–H groups in total. The normalized spacial score (nSPS) is 14.7. The van der Waals surface area contributed by atoms with Gasteiger partial charge in [-0.25, -0.2) is 4.79 Å². The molecule has 2 heterocycles. The highest BCUT2D eigenvalue weighted by molar-refractivity contribution is 5.74. The Kier molecular flexibility index (Phi) is 5.19. The Labute approximate surface area is 158 Å². The van der Waals surface area contributed by atoms with Crippen molar-refractivity contribution in [1.29, 1.82) is 0 Å². The number of rotatable bonds is 4. The summed E-state index contributed by atoms with van der Waals surface area (Å²) >= 11 is 0. The van der Waals surface area contributed by atoms with Crippen molar-refractivity contribution < 1.29 is 9.53 Å². The number of aromatic amines is 1. The molecule has 1 aliphatic carbocycles. The Bertz CT molecular complexity index is 899. The maximum Gasteiger partial charge on any atom is 0.412 e. The number of hydrogen-bond acceptors (Lipinski definition) is 3. The molecule has 4 rings (SSSR count). The van der Waals surface area contributed by atoms with Crippen LogP contribution < -0.4 is 10.1 Å². The van der Waals surface area contributed by atoms with E-state index in [2.05, 4.69) is 21.4 Å². The summed E-state index contributed by atoms with van der Waals surface area (Å²) in [6, 6.07) is 13.8. The molecular weight excluding hydrogens is 338 g/mol. The third-order valence-corrected chi connectivity index (χ3v) is 4.95. The lowest BCUT2D eigenvalue weighted by Crippen LogP contribution is -2.37. The van der Waals surface area contributed by atoms with Crippen molar-refractivity contribution in [2.24, 2.45) is 0 Å². The van der Waals surface area contributed by atoms with E-state index in [0.29, 0.717) is 5.75 Å². The van der Waals surface area contributed by atoms with Crippen molar-refractivity contribution in [3.05, 3.63) is 61.1 Å². The fourth-order valence-electron chi connectivity index (χ4n) is 3.54. The molecule has 0 atom stereocenters. The first-order chi connectivity index (χ1) is 13.3. The summed E-state index contributed by atoms with van der Waals surface area (Å²) in [7, 11) is 0. The van der Waals surface area contributed by atoms with Crippen LogP contribution in [0.3, 0.4) is 0 Å². The molecule has 1 saturated carbocycles. The number of nitrogens with zero attached hydrogens (tertiary/aromatic N) is 1. The van der Waals surface area contributed by atoms with Gasteiger partial charge in [-0.15, -0.1) is 0 Å². The lowest BCUT2D eigenvalue weighted by atomic mass is 9.96. The molecule has 0 radical (unpaired) electrons. The minimum absolute atomic E-state index is 0.233. The van der Waals surface area contributed by atoms with Gasteiger partial charge in [0.05, 0.1) is 0 Å². The van der Waals surface area contributed by atoms with Crippen LogP contribution in [-0.4, -0.2) is 22.1 Å². The number of aromatic nitrogens is 2. The minimum Gasteiger partial charge on any atom is -0.410 e. The fourth-order valence-corrected chi connectivity index (χ4v) is 3.54. The Hall–Kier alpha value is -3.08. The standard InChI is InChI=1S/C22H23N3O2/c26-22(25-19-7-2-1-3-8-19)27-20-9-4-6-16(13-20)17-12-18(15-23-14-17)21-10-5-11-24-21/h4-6,9-15,19,24H,1-3,7-8H2,(H,25,26). The van der Waals surface area contributed by atoms with Crippen molar-refractivity contribution >= 4 is 6.09 Å². The van der Waals surface area contributed by atoms with Crippen molar-refractivity contribution in [3.8, 4) is 28.1 Å². The molecule has 138 valence electrons. The van der Waals surface area contributed by atoms with Crippen LogP contribution in [-0.2, 0) is 0 Å². The smallest absolute Gasteiger partial charge is 0.410 e. The molecule has 1 amide bonds. The molecular formula is C22H23N3O2. The SMILES string of the molecule is O=C(NC1CCCCC1)Oc1cccc(-c2cncc(-c3ccc[nH]3)c2)c1.